The maximum absolute atomic E-state index is 12.8. The average Bonchev–Trinajstić information content (AvgIpc) is 2.67. The van der Waals surface area contributed by atoms with Crippen molar-refractivity contribution in [3.8, 4) is 6.07 Å². The highest BCUT2D eigenvalue weighted by Gasteiger charge is 2.36. The van der Waals surface area contributed by atoms with Gasteiger partial charge in [-0.1, -0.05) is 36.4 Å². The summed E-state index contributed by atoms with van der Waals surface area (Å²) in [6.45, 7) is 1.13. The molecule has 3 rings (SSSR count). The van der Waals surface area contributed by atoms with Crippen molar-refractivity contribution in [2.75, 3.05) is 13.2 Å². The first-order valence-corrected chi connectivity index (χ1v) is 9.12. The van der Waals surface area contributed by atoms with Gasteiger partial charge in [0.05, 0.1) is 11.2 Å². The molecule has 132 valence electrons. The van der Waals surface area contributed by atoms with Crippen LogP contribution in [0.2, 0.25) is 0 Å². The van der Waals surface area contributed by atoms with E-state index < -0.39 is 11.4 Å². The standard InChI is InChI=1S/C20H18BrN3O2/c21-18-8-4-7-17(23-18)13-15(14-22)19(25)24-20(9-11-26-12-10-20)16-5-2-1-3-6-16/h1-8,13H,9-12H2,(H,24,25)/b15-13+. The summed E-state index contributed by atoms with van der Waals surface area (Å²) in [5, 5.41) is 12.6. The van der Waals surface area contributed by atoms with E-state index in [9.17, 15) is 10.1 Å². The topological polar surface area (TPSA) is 75.0 Å². The minimum atomic E-state index is -0.531. The molecule has 2 aromatic rings. The van der Waals surface area contributed by atoms with Crippen LogP contribution in [0.15, 0.2) is 58.7 Å². The molecule has 1 aromatic carbocycles. The van der Waals surface area contributed by atoms with Gasteiger partial charge in [0.1, 0.15) is 16.2 Å². The number of rotatable bonds is 4. The predicted molar refractivity (Wildman–Crippen MR) is 102 cm³/mol. The summed E-state index contributed by atoms with van der Waals surface area (Å²) in [5.74, 6) is -0.403. The van der Waals surface area contributed by atoms with Crippen LogP contribution in [0, 0.1) is 11.3 Å². The van der Waals surface area contributed by atoms with Crippen molar-refractivity contribution in [2.24, 2.45) is 0 Å². The smallest absolute Gasteiger partial charge is 0.262 e. The normalized spacial score (nSPS) is 16.5. The fourth-order valence-electron chi connectivity index (χ4n) is 3.05. The molecular formula is C20H18BrN3O2. The lowest BCUT2D eigenvalue weighted by Gasteiger charge is -2.38. The van der Waals surface area contributed by atoms with Gasteiger partial charge in [0.15, 0.2) is 0 Å². The van der Waals surface area contributed by atoms with Crippen molar-refractivity contribution in [1.82, 2.24) is 10.3 Å². The van der Waals surface area contributed by atoms with E-state index in [1.807, 2.05) is 36.4 Å². The summed E-state index contributed by atoms with van der Waals surface area (Å²) in [7, 11) is 0. The number of hydrogen-bond donors (Lipinski definition) is 1. The van der Waals surface area contributed by atoms with Crippen molar-refractivity contribution in [3.05, 3.63) is 70.0 Å². The van der Waals surface area contributed by atoms with Gasteiger partial charge in [-0.05, 0) is 52.5 Å². The Balaban J connectivity index is 1.88. The van der Waals surface area contributed by atoms with Gasteiger partial charge in [0, 0.05) is 13.2 Å². The average molecular weight is 412 g/mol. The van der Waals surface area contributed by atoms with E-state index in [0.717, 1.165) is 5.56 Å². The van der Waals surface area contributed by atoms with Crippen LogP contribution >= 0.6 is 15.9 Å². The van der Waals surface area contributed by atoms with Crippen LogP contribution in [0.25, 0.3) is 6.08 Å². The van der Waals surface area contributed by atoms with Gasteiger partial charge in [0.25, 0.3) is 5.91 Å². The fourth-order valence-corrected chi connectivity index (χ4v) is 3.41. The molecule has 26 heavy (non-hydrogen) atoms. The lowest BCUT2D eigenvalue weighted by atomic mass is 9.82. The van der Waals surface area contributed by atoms with Gasteiger partial charge in [-0.15, -0.1) is 0 Å². The molecule has 6 heteroatoms. The molecule has 0 saturated carbocycles. The summed E-state index contributed by atoms with van der Waals surface area (Å²) >= 11 is 3.29. The van der Waals surface area contributed by atoms with Crippen molar-refractivity contribution in [1.29, 1.82) is 5.26 Å². The number of hydrogen-bond acceptors (Lipinski definition) is 4. The van der Waals surface area contributed by atoms with Gasteiger partial charge >= 0.3 is 0 Å². The lowest BCUT2D eigenvalue weighted by Crippen LogP contribution is -2.49. The van der Waals surface area contributed by atoms with Gasteiger partial charge in [-0.25, -0.2) is 4.98 Å². The van der Waals surface area contributed by atoms with E-state index in [2.05, 4.69) is 26.2 Å². The number of nitriles is 1. The first-order chi connectivity index (χ1) is 12.6. The third-order valence-corrected chi connectivity index (χ3v) is 4.86. The second kappa shape index (κ2) is 8.26. The lowest BCUT2D eigenvalue weighted by molar-refractivity contribution is -0.120. The number of pyridine rings is 1. The van der Waals surface area contributed by atoms with Crippen molar-refractivity contribution in [3.63, 3.8) is 0 Å². The summed E-state index contributed by atoms with van der Waals surface area (Å²) in [6.07, 6.45) is 2.82. The van der Waals surface area contributed by atoms with Gasteiger partial charge in [-0.3, -0.25) is 4.79 Å². The minimum absolute atomic E-state index is 0.0254. The van der Waals surface area contributed by atoms with E-state index in [1.54, 1.807) is 18.2 Å². The molecule has 0 bridgehead atoms. The Morgan fingerprint density at radius 2 is 1.92 bits per heavy atom. The summed E-state index contributed by atoms with van der Waals surface area (Å²) < 4.78 is 6.12. The largest absolute Gasteiger partial charge is 0.381 e. The van der Waals surface area contributed by atoms with Crippen LogP contribution in [0.1, 0.15) is 24.1 Å². The summed E-state index contributed by atoms with van der Waals surface area (Å²) in [4.78, 5) is 17.1. The molecule has 0 aliphatic carbocycles. The molecule has 2 heterocycles. The van der Waals surface area contributed by atoms with Crippen LogP contribution < -0.4 is 5.32 Å². The molecule has 0 spiro atoms. The number of aromatic nitrogens is 1. The zero-order valence-corrected chi connectivity index (χ0v) is 15.7. The summed E-state index contributed by atoms with van der Waals surface area (Å²) in [5.41, 5.74) is 1.07. The Bertz CT molecular complexity index is 853. The molecule has 1 aromatic heterocycles. The molecule has 1 fully saturated rings. The molecule has 1 N–H and O–H groups in total. The number of nitrogens with zero attached hydrogens (tertiary/aromatic N) is 2. The Morgan fingerprint density at radius 3 is 2.58 bits per heavy atom. The highest BCUT2D eigenvalue weighted by atomic mass is 79.9. The number of ether oxygens (including phenoxy) is 1. The van der Waals surface area contributed by atoms with Crippen LogP contribution in [0.4, 0.5) is 0 Å². The highest BCUT2D eigenvalue weighted by molar-refractivity contribution is 9.10. The Morgan fingerprint density at radius 1 is 1.19 bits per heavy atom. The third kappa shape index (κ3) is 4.18. The molecule has 0 atom stereocenters. The number of nitrogens with one attached hydrogen (secondary N) is 1. The van der Waals surface area contributed by atoms with Crippen LogP contribution in [0.3, 0.4) is 0 Å². The number of carbonyl (C=O) groups is 1. The van der Waals surface area contributed by atoms with Gasteiger partial charge in [0.2, 0.25) is 0 Å². The van der Waals surface area contributed by atoms with E-state index in [-0.39, 0.29) is 5.57 Å². The highest BCUT2D eigenvalue weighted by Crippen LogP contribution is 2.32. The zero-order valence-electron chi connectivity index (χ0n) is 14.1. The number of halogens is 1. The van der Waals surface area contributed by atoms with Crippen LogP contribution in [-0.2, 0) is 15.1 Å². The monoisotopic (exact) mass is 411 g/mol. The number of benzene rings is 1. The molecule has 1 saturated heterocycles. The quantitative estimate of drug-likeness (QED) is 0.473. The van der Waals surface area contributed by atoms with E-state index >= 15 is 0 Å². The van der Waals surface area contributed by atoms with Crippen molar-refractivity contribution >= 4 is 27.9 Å². The second-order valence-electron chi connectivity index (χ2n) is 6.07. The molecule has 1 amide bonds. The van der Waals surface area contributed by atoms with E-state index in [0.29, 0.717) is 36.4 Å². The molecule has 1 aliphatic rings. The van der Waals surface area contributed by atoms with E-state index in [4.69, 9.17) is 4.74 Å². The summed E-state index contributed by atoms with van der Waals surface area (Å²) in [6, 6.07) is 17.2. The fraction of sp³-hybridized carbons (Fsp3) is 0.250. The molecule has 5 nitrogen and oxygen atoms in total. The van der Waals surface area contributed by atoms with E-state index in [1.165, 1.54) is 6.08 Å². The SMILES string of the molecule is N#C/C(=C\c1cccc(Br)n1)C(=O)NC1(c2ccccc2)CCOCC1. The maximum atomic E-state index is 12.8. The predicted octanol–water partition coefficient (Wildman–Crippen LogP) is 3.57. The first kappa shape index (κ1) is 18.3. The van der Waals surface area contributed by atoms with Gasteiger partial charge < -0.3 is 10.1 Å². The molecular weight excluding hydrogens is 394 g/mol. The second-order valence-corrected chi connectivity index (χ2v) is 6.88. The van der Waals surface area contributed by atoms with Crippen molar-refractivity contribution in [2.45, 2.75) is 18.4 Å². The number of carbonyl (C=O) groups excluding carboxylic acids is 1. The molecule has 0 unspecified atom stereocenters. The Kier molecular flexibility index (Phi) is 5.82. The zero-order chi connectivity index (χ0) is 18.4. The van der Waals surface area contributed by atoms with Gasteiger partial charge in [-0.2, -0.15) is 5.26 Å². The van der Waals surface area contributed by atoms with Crippen molar-refractivity contribution < 1.29 is 9.53 Å². The Labute approximate surface area is 160 Å². The van der Waals surface area contributed by atoms with Crippen LogP contribution in [0.5, 0.6) is 0 Å². The maximum Gasteiger partial charge on any atom is 0.262 e. The first-order valence-electron chi connectivity index (χ1n) is 8.33. The molecule has 0 radical (unpaired) electrons. The Hall–Kier alpha value is -2.49. The third-order valence-electron chi connectivity index (χ3n) is 4.42. The minimum Gasteiger partial charge on any atom is -0.381 e. The number of amides is 1. The molecule has 1 aliphatic heterocycles. The van der Waals surface area contributed by atoms with Crippen LogP contribution in [-0.4, -0.2) is 24.1 Å².